The number of piperazine rings is 1. The number of rotatable bonds is 6. The van der Waals surface area contributed by atoms with Crippen LogP contribution in [-0.4, -0.2) is 59.7 Å². The maximum absolute atomic E-state index is 13.6. The average molecular weight is 475 g/mol. The molecular formula is C28H28F2N4O. The quantitative estimate of drug-likeness (QED) is 0.523. The predicted octanol–water partition coefficient (Wildman–Crippen LogP) is 4.63. The van der Waals surface area contributed by atoms with E-state index in [1.54, 1.807) is 29.3 Å². The third-order valence-corrected chi connectivity index (χ3v) is 6.77. The summed E-state index contributed by atoms with van der Waals surface area (Å²) in [6.45, 7) is 3.22. The van der Waals surface area contributed by atoms with Gasteiger partial charge in [-0.25, -0.2) is 13.8 Å². The monoisotopic (exact) mass is 474 g/mol. The van der Waals surface area contributed by atoms with Gasteiger partial charge in [0, 0.05) is 38.8 Å². The molecule has 0 spiro atoms. The Balaban J connectivity index is 1.25. The van der Waals surface area contributed by atoms with Crippen LogP contribution in [0.15, 0.2) is 84.0 Å². The molecule has 0 N–H and O–H groups in total. The van der Waals surface area contributed by atoms with E-state index in [2.05, 4.69) is 14.9 Å². The molecule has 1 saturated heterocycles. The van der Waals surface area contributed by atoms with Crippen molar-refractivity contribution >= 4 is 12.1 Å². The highest BCUT2D eigenvalue weighted by Crippen LogP contribution is 2.31. The van der Waals surface area contributed by atoms with Crippen molar-refractivity contribution in [2.75, 3.05) is 32.7 Å². The summed E-state index contributed by atoms with van der Waals surface area (Å²) in [5, 5.41) is 5.97. The molecule has 0 aromatic heterocycles. The SMILES string of the molecule is O=C(CN1CCN(C(c2ccc(F)cc2)c2ccc(F)cc2)CC1)N1N=CCC1c1ccccc1. The van der Waals surface area contributed by atoms with Crippen LogP contribution >= 0.6 is 0 Å². The molecule has 180 valence electrons. The van der Waals surface area contributed by atoms with Crippen LogP contribution in [0.5, 0.6) is 0 Å². The molecule has 0 saturated carbocycles. The van der Waals surface area contributed by atoms with Gasteiger partial charge in [-0.1, -0.05) is 54.6 Å². The number of nitrogens with zero attached hydrogens (tertiary/aromatic N) is 4. The summed E-state index contributed by atoms with van der Waals surface area (Å²) >= 11 is 0. The van der Waals surface area contributed by atoms with Crippen LogP contribution in [0.4, 0.5) is 8.78 Å². The van der Waals surface area contributed by atoms with Gasteiger partial charge < -0.3 is 0 Å². The van der Waals surface area contributed by atoms with Crippen molar-refractivity contribution in [2.45, 2.75) is 18.5 Å². The van der Waals surface area contributed by atoms with Crippen LogP contribution in [0.2, 0.25) is 0 Å². The number of halogens is 2. The molecule has 0 aliphatic carbocycles. The van der Waals surface area contributed by atoms with Crippen LogP contribution < -0.4 is 0 Å². The second-order valence-corrected chi connectivity index (χ2v) is 9.02. The Kier molecular flexibility index (Phi) is 6.97. The van der Waals surface area contributed by atoms with Gasteiger partial charge in [0.15, 0.2) is 0 Å². The molecule has 2 heterocycles. The number of benzene rings is 3. The second-order valence-electron chi connectivity index (χ2n) is 9.02. The zero-order chi connectivity index (χ0) is 24.2. The summed E-state index contributed by atoms with van der Waals surface area (Å²) in [7, 11) is 0. The molecule has 1 atom stereocenters. The Bertz CT molecular complexity index is 1110. The van der Waals surface area contributed by atoms with Gasteiger partial charge >= 0.3 is 0 Å². The first-order valence-corrected chi connectivity index (χ1v) is 12.0. The van der Waals surface area contributed by atoms with Crippen LogP contribution in [0.1, 0.15) is 35.2 Å². The third-order valence-electron chi connectivity index (χ3n) is 6.77. The number of amides is 1. The topological polar surface area (TPSA) is 39.2 Å². The van der Waals surface area contributed by atoms with Crippen molar-refractivity contribution < 1.29 is 13.6 Å². The lowest BCUT2D eigenvalue weighted by atomic mass is 9.96. The van der Waals surface area contributed by atoms with Crippen molar-refractivity contribution in [3.05, 3.63) is 107 Å². The highest BCUT2D eigenvalue weighted by atomic mass is 19.1. The first-order chi connectivity index (χ1) is 17.1. The molecule has 0 radical (unpaired) electrons. The molecule has 7 heteroatoms. The normalized spacial score (nSPS) is 18.9. The maximum atomic E-state index is 13.6. The van der Waals surface area contributed by atoms with Crippen LogP contribution in [-0.2, 0) is 4.79 Å². The summed E-state index contributed by atoms with van der Waals surface area (Å²) in [6.07, 6.45) is 2.53. The van der Waals surface area contributed by atoms with Crippen molar-refractivity contribution in [3.63, 3.8) is 0 Å². The van der Waals surface area contributed by atoms with Crippen molar-refractivity contribution in [3.8, 4) is 0 Å². The molecule has 1 fully saturated rings. The van der Waals surface area contributed by atoms with Crippen LogP contribution in [0, 0.1) is 11.6 Å². The fourth-order valence-corrected chi connectivity index (χ4v) is 4.95. The Hall–Kier alpha value is -3.42. The zero-order valence-corrected chi connectivity index (χ0v) is 19.4. The molecule has 1 amide bonds. The zero-order valence-electron chi connectivity index (χ0n) is 19.4. The van der Waals surface area contributed by atoms with Crippen LogP contribution in [0.25, 0.3) is 0 Å². The maximum Gasteiger partial charge on any atom is 0.257 e. The Morgan fingerprint density at radius 1 is 0.829 bits per heavy atom. The molecule has 3 aromatic rings. The number of hydrogen-bond acceptors (Lipinski definition) is 4. The van der Waals surface area contributed by atoms with Gasteiger partial charge in [-0.15, -0.1) is 0 Å². The summed E-state index contributed by atoms with van der Waals surface area (Å²) in [6, 6.07) is 22.8. The summed E-state index contributed by atoms with van der Waals surface area (Å²) in [5.74, 6) is -0.573. The largest absolute Gasteiger partial charge is 0.292 e. The van der Waals surface area contributed by atoms with E-state index < -0.39 is 0 Å². The second kappa shape index (κ2) is 10.5. The minimum atomic E-state index is -0.284. The lowest BCUT2D eigenvalue weighted by Gasteiger charge is -2.40. The first kappa shape index (κ1) is 23.3. The van der Waals surface area contributed by atoms with Gasteiger partial charge in [0.2, 0.25) is 0 Å². The van der Waals surface area contributed by atoms with Gasteiger partial charge in [-0.3, -0.25) is 14.6 Å². The van der Waals surface area contributed by atoms with Crippen molar-refractivity contribution in [1.82, 2.24) is 14.8 Å². The molecule has 1 unspecified atom stereocenters. The van der Waals surface area contributed by atoms with E-state index in [4.69, 9.17) is 0 Å². The fraction of sp³-hybridized carbons (Fsp3) is 0.286. The van der Waals surface area contributed by atoms with Crippen LogP contribution in [0.3, 0.4) is 0 Å². The van der Waals surface area contributed by atoms with E-state index in [0.29, 0.717) is 6.54 Å². The van der Waals surface area contributed by atoms with E-state index in [-0.39, 0.29) is 29.6 Å². The van der Waals surface area contributed by atoms with E-state index in [1.165, 1.54) is 24.3 Å². The Morgan fingerprint density at radius 2 is 1.40 bits per heavy atom. The number of carbonyl (C=O) groups is 1. The standard InChI is InChI=1S/C28H28F2N4O/c29-24-10-6-22(7-11-24)28(23-8-12-25(30)13-9-23)33-18-16-32(17-19-33)20-27(35)34-26(14-15-31-34)21-4-2-1-3-5-21/h1-13,15,26,28H,14,16-20H2. The van der Waals surface area contributed by atoms with Gasteiger partial charge in [-0.05, 0) is 41.0 Å². The molecule has 2 aliphatic rings. The van der Waals surface area contributed by atoms with E-state index in [0.717, 1.165) is 49.3 Å². The molecule has 35 heavy (non-hydrogen) atoms. The summed E-state index contributed by atoms with van der Waals surface area (Å²) in [5.41, 5.74) is 3.00. The van der Waals surface area contributed by atoms with E-state index >= 15 is 0 Å². The molecular weight excluding hydrogens is 446 g/mol. The number of hydrogen-bond donors (Lipinski definition) is 0. The van der Waals surface area contributed by atoms with Crippen molar-refractivity contribution in [1.29, 1.82) is 0 Å². The summed E-state index contributed by atoms with van der Waals surface area (Å²) < 4.78 is 27.1. The molecule has 5 rings (SSSR count). The average Bonchev–Trinajstić information content (AvgIpc) is 3.38. The van der Waals surface area contributed by atoms with E-state index in [9.17, 15) is 13.6 Å². The smallest absolute Gasteiger partial charge is 0.257 e. The predicted molar refractivity (Wildman–Crippen MR) is 132 cm³/mol. The molecule has 5 nitrogen and oxygen atoms in total. The molecule has 0 bridgehead atoms. The number of hydrazone groups is 1. The molecule has 3 aromatic carbocycles. The van der Waals surface area contributed by atoms with Gasteiger partial charge in [0.05, 0.1) is 18.6 Å². The first-order valence-electron chi connectivity index (χ1n) is 12.0. The number of carbonyl (C=O) groups excluding carboxylic acids is 1. The lowest BCUT2D eigenvalue weighted by Crippen LogP contribution is -2.50. The lowest BCUT2D eigenvalue weighted by molar-refractivity contribution is -0.134. The minimum absolute atomic E-state index is 0.00493. The fourth-order valence-electron chi connectivity index (χ4n) is 4.95. The minimum Gasteiger partial charge on any atom is -0.292 e. The van der Waals surface area contributed by atoms with Crippen molar-refractivity contribution in [2.24, 2.45) is 5.10 Å². The van der Waals surface area contributed by atoms with Gasteiger partial charge in [-0.2, -0.15) is 5.10 Å². The molecule has 2 aliphatic heterocycles. The van der Waals surface area contributed by atoms with Gasteiger partial charge in [0.25, 0.3) is 5.91 Å². The Labute approximate surface area is 204 Å². The highest BCUT2D eigenvalue weighted by Gasteiger charge is 2.31. The van der Waals surface area contributed by atoms with Gasteiger partial charge in [0.1, 0.15) is 11.6 Å². The third kappa shape index (κ3) is 5.31. The highest BCUT2D eigenvalue weighted by molar-refractivity contribution is 5.81. The van der Waals surface area contributed by atoms with E-state index in [1.807, 2.05) is 36.5 Å². The Morgan fingerprint density at radius 3 is 1.97 bits per heavy atom. The summed E-state index contributed by atoms with van der Waals surface area (Å²) in [4.78, 5) is 17.6.